The lowest BCUT2D eigenvalue weighted by molar-refractivity contribution is 0.403. The Bertz CT molecular complexity index is 673. The molecule has 1 aromatic heterocycles. The van der Waals surface area contributed by atoms with Crippen LogP contribution in [0, 0.1) is 0 Å². The highest BCUT2D eigenvalue weighted by molar-refractivity contribution is 5.58. The highest BCUT2D eigenvalue weighted by Gasteiger charge is 2.29. The van der Waals surface area contributed by atoms with Gasteiger partial charge in [-0.2, -0.15) is 5.10 Å². The molecule has 2 aromatic rings. The van der Waals surface area contributed by atoms with Gasteiger partial charge in [0.05, 0.1) is 12.8 Å². The number of benzene rings is 1. The molecule has 2 aliphatic rings. The van der Waals surface area contributed by atoms with E-state index in [9.17, 15) is 0 Å². The Kier molecular flexibility index (Phi) is 3.53. The Morgan fingerprint density at radius 3 is 2.82 bits per heavy atom. The summed E-state index contributed by atoms with van der Waals surface area (Å²) >= 11 is 0. The highest BCUT2D eigenvalue weighted by Crippen LogP contribution is 2.41. The smallest absolute Gasteiger partial charge is 0.144 e. The summed E-state index contributed by atoms with van der Waals surface area (Å²) in [5.74, 6) is 2.72. The van der Waals surface area contributed by atoms with E-state index in [2.05, 4.69) is 16.1 Å². The van der Waals surface area contributed by atoms with Gasteiger partial charge in [-0.1, -0.05) is 18.6 Å². The summed E-state index contributed by atoms with van der Waals surface area (Å²) in [5.41, 5.74) is 3.79. The van der Waals surface area contributed by atoms with Crippen molar-refractivity contribution in [3.63, 3.8) is 0 Å². The van der Waals surface area contributed by atoms with Gasteiger partial charge in [0.1, 0.15) is 17.3 Å². The standard InChI is InChI=1S/C18H23N3O/c1-22-16-11-3-2-10-15(16)21-18-14(9-4-5-12-19-18)17(20-21)13-7-6-8-13/h2-3,10-11,13,19H,4-9,12H2,1H3. The molecule has 116 valence electrons. The van der Waals surface area contributed by atoms with E-state index in [0.29, 0.717) is 5.92 Å². The van der Waals surface area contributed by atoms with Gasteiger partial charge < -0.3 is 10.1 Å². The van der Waals surface area contributed by atoms with Crippen molar-refractivity contribution in [2.45, 2.75) is 44.4 Å². The quantitative estimate of drug-likeness (QED) is 0.934. The van der Waals surface area contributed by atoms with Crippen molar-refractivity contribution in [2.75, 3.05) is 19.0 Å². The fraction of sp³-hybridized carbons (Fsp3) is 0.500. The molecule has 2 heterocycles. The molecule has 1 aliphatic carbocycles. The average molecular weight is 297 g/mol. The normalized spacial score (nSPS) is 18.0. The molecule has 1 aromatic carbocycles. The third kappa shape index (κ3) is 2.18. The highest BCUT2D eigenvalue weighted by atomic mass is 16.5. The van der Waals surface area contributed by atoms with E-state index in [0.717, 1.165) is 24.4 Å². The van der Waals surface area contributed by atoms with Gasteiger partial charge in [0, 0.05) is 18.0 Å². The van der Waals surface area contributed by atoms with Crippen molar-refractivity contribution < 1.29 is 4.74 Å². The SMILES string of the molecule is COc1ccccc1-n1nc(C2CCC2)c2c1NCCCC2. The number of hydrogen-bond acceptors (Lipinski definition) is 3. The van der Waals surface area contributed by atoms with E-state index in [1.165, 1.54) is 49.2 Å². The van der Waals surface area contributed by atoms with E-state index in [1.54, 1.807) is 7.11 Å². The second kappa shape index (κ2) is 5.67. The summed E-state index contributed by atoms with van der Waals surface area (Å²) in [6.07, 6.45) is 7.53. The van der Waals surface area contributed by atoms with E-state index in [4.69, 9.17) is 9.84 Å². The van der Waals surface area contributed by atoms with Crippen LogP contribution in [0.5, 0.6) is 5.75 Å². The summed E-state index contributed by atoms with van der Waals surface area (Å²) in [7, 11) is 1.72. The third-order valence-electron chi connectivity index (χ3n) is 4.97. The first-order chi connectivity index (χ1) is 10.9. The summed E-state index contributed by atoms with van der Waals surface area (Å²) in [6.45, 7) is 1.03. The number of aromatic nitrogens is 2. The van der Waals surface area contributed by atoms with Gasteiger partial charge in [-0.3, -0.25) is 0 Å². The predicted molar refractivity (Wildman–Crippen MR) is 88.1 cm³/mol. The second-order valence-electron chi connectivity index (χ2n) is 6.31. The topological polar surface area (TPSA) is 39.1 Å². The number of anilines is 1. The van der Waals surface area contributed by atoms with E-state index < -0.39 is 0 Å². The van der Waals surface area contributed by atoms with E-state index in [-0.39, 0.29) is 0 Å². The summed E-state index contributed by atoms with van der Waals surface area (Å²) in [6, 6.07) is 8.14. The van der Waals surface area contributed by atoms with Crippen LogP contribution in [0.1, 0.15) is 49.3 Å². The second-order valence-corrected chi connectivity index (χ2v) is 6.31. The Labute approximate surface area is 131 Å². The molecule has 4 rings (SSSR count). The number of nitrogens with one attached hydrogen (secondary N) is 1. The molecule has 22 heavy (non-hydrogen) atoms. The zero-order valence-electron chi connectivity index (χ0n) is 13.1. The minimum absolute atomic E-state index is 0.657. The monoisotopic (exact) mass is 297 g/mol. The van der Waals surface area contributed by atoms with Crippen molar-refractivity contribution in [1.82, 2.24) is 9.78 Å². The Balaban J connectivity index is 1.86. The number of nitrogens with zero attached hydrogens (tertiary/aromatic N) is 2. The maximum absolute atomic E-state index is 5.54. The largest absolute Gasteiger partial charge is 0.494 e. The van der Waals surface area contributed by atoms with Gasteiger partial charge in [-0.15, -0.1) is 0 Å². The number of methoxy groups -OCH3 is 1. The van der Waals surface area contributed by atoms with Crippen LogP contribution in [0.2, 0.25) is 0 Å². The maximum atomic E-state index is 5.54. The molecule has 4 heteroatoms. The average Bonchev–Trinajstić information content (AvgIpc) is 2.70. The molecule has 0 radical (unpaired) electrons. The van der Waals surface area contributed by atoms with Crippen LogP contribution in [0.15, 0.2) is 24.3 Å². The first-order valence-corrected chi connectivity index (χ1v) is 8.37. The molecule has 4 nitrogen and oxygen atoms in total. The molecule has 0 unspecified atom stereocenters. The molecular weight excluding hydrogens is 274 g/mol. The number of fused-ring (bicyclic) bond motifs is 1. The van der Waals surface area contributed by atoms with Gasteiger partial charge >= 0.3 is 0 Å². The van der Waals surface area contributed by atoms with Crippen LogP contribution in [-0.4, -0.2) is 23.4 Å². The first-order valence-electron chi connectivity index (χ1n) is 8.37. The molecule has 1 N–H and O–H groups in total. The van der Waals surface area contributed by atoms with Crippen molar-refractivity contribution in [1.29, 1.82) is 0 Å². The summed E-state index contributed by atoms with van der Waals surface area (Å²) in [5, 5.41) is 8.62. The van der Waals surface area contributed by atoms with Crippen LogP contribution in [0.25, 0.3) is 5.69 Å². The number of para-hydroxylation sites is 2. The molecule has 0 spiro atoms. The van der Waals surface area contributed by atoms with Gasteiger partial charge in [0.2, 0.25) is 0 Å². The van der Waals surface area contributed by atoms with Gasteiger partial charge in [0.25, 0.3) is 0 Å². The zero-order chi connectivity index (χ0) is 14.9. The molecule has 1 fully saturated rings. The van der Waals surface area contributed by atoms with Crippen molar-refractivity contribution >= 4 is 5.82 Å². The molecule has 1 aliphatic heterocycles. The number of ether oxygens (including phenoxy) is 1. The lowest BCUT2D eigenvalue weighted by Gasteiger charge is -2.24. The van der Waals surface area contributed by atoms with Crippen LogP contribution in [-0.2, 0) is 6.42 Å². The van der Waals surface area contributed by atoms with Gasteiger partial charge in [-0.05, 0) is 44.2 Å². The molecule has 0 amide bonds. The summed E-state index contributed by atoms with van der Waals surface area (Å²) in [4.78, 5) is 0. The van der Waals surface area contributed by atoms with Crippen LogP contribution >= 0.6 is 0 Å². The minimum Gasteiger partial charge on any atom is -0.494 e. The maximum Gasteiger partial charge on any atom is 0.144 e. The third-order valence-corrected chi connectivity index (χ3v) is 4.97. The van der Waals surface area contributed by atoms with Crippen molar-refractivity contribution in [3.05, 3.63) is 35.5 Å². The zero-order valence-corrected chi connectivity index (χ0v) is 13.1. The molecule has 0 bridgehead atoms. The van der Waals surface area contributed by atoms with Gasteiger partial charge in [-0.25, -0.2) is 4.68 Å². The Morgan fingerprint density at radius 2 is 2.05 bits per heavy atom. The fourth-order valence-corrected chi connectivity index (χ4v) is 3.52. The molecule has 0 saturated heterocycles. The lowest BCUT2D eigenvalue weighted by atomic mass is 9.81. The molecule has 1 saturated carbocycles. The Hall–Kier alpha value is -1.97. The lowest BCUT2D eigenvalue weighted by Crippen LogP contribution is -2.12. The summed E-state index contributed by atoms with van der Waals surface area (Å²) < 4.78 is 7.62. The van der Waals surface area contributed by atoms with Crippen molar-refractivity contribution in [2.24, 2.45) is 0 Å². The number of rotatable bonds is 3. The van der Waals surface area contributed by atoms with Crippen LogP contribution in [0.3, 0.4) is 0 Å². The minimum atomic E-state index is 0.657. The first kappa shape index (κ1) is 13.7. The van der Waals surface area contributed by atoms with Crippen molar-refractivity contribution in [3.8, 4) is 11.4 Å². The van der Waals surface area contributed by atoms with Gasteiger partial charge in [0.15, 0.2) is 0 Å². The van der Waals surface area contributed by atoms with E-state index in [1.807, 2.05) is 18.2 Å². The van der Waals surface area contributed by atoms with Crippen LogP contribution in [0.4, 0.5) is 5.82 Å². The Morgan fingerprint density at radius 1 is 1.18 bits per heavy atom. The van der Waals surface area contributed by atoms with Crippen LogP contribution < -0.4 is 10.1 Å². The van der Waals surface area contributed by atoms with E-state index >= 15 is 0 Å². The fourth-order valence-electron chi connectivity index (χ4n) is 3.52. The number of hydrogen-bond donors (Lipinski definition) is 1. The molecule has 0 atom stereocenters. The predicted octanol–water partition coefficient (Wildman–Crippen LogP) is 3.90. The molecular formula is C18H23N3O.